The maximum absolute atomic E-state index is 11.7. The largest absolute Gasteiger partial charge is 0.284 e. The van der Waals surface area contributed by atoms with Crippen LogP contribution in [-0.2, 0) is 10.5 Å². The number of rotatable bonds is 5. The van der Waals surface area contributed by atoms with E-state index in [4.69, 9.17) is 11.6 Å². The summed E-state index contributed by atoms with van der Waals surface area (Å²) in [6.07, 6.45) is 2.11. The van der Waals surface area contributed by atoms with Gasteiger partial charge < -0.3 is 0 Å². The Morgan fingerprint density at radius 1 is 1.43 bits per heavy atom. The molecule has 3 rings (SSSR count). The minimum absolute atomic E-state index is 0.0382. The van der Waals surface area contributed by atoms with Gasteiger partial charge >= 0.3 is 0 Å². The highest BCUT2D eigenvalue weighted by Crippen LogP contribution is 2.36. The van der Waals surface area contributed by atoms with E-state index in [2.05, 4.69) is 10.2 Å². The minimum atomic E-state index is 0.0382. The molecule has 21 heavy (non-hydrogen) atoms. The van der Waals surface area contributed by atoms with Gasteiger partial charge in [0.1, 0.15) is 0 Å². The van der Waals surface area contributed by atoms with Crippen molar-refractivity contribution >= 4 is 45.7 Å². The summed E-state index contributed by atoms with van der Waals surface area (Å²) in [5, 5.41) is 9.79. The van der Waals surface area contributed by atoms with Crippen LogP contribution in [0.15, 0.2) is 28.6 Å². The lowest BCUT2D eigenvalue weighted by Crippen LogP contribution is -2.30. The molecule has 1 aliphatic carbocycles. The van der Waals surface area contributed by atoms with Crippen molar-refractivity contribution in [1.82, 2.24) is 10.2 Å². The third-order valence-corrected chi connectivity index (χ3v) is 5.64. The zero-order valence-corrected chi connectivity index (χ0v) is 13.8. The molecule has 1 saturated carbocycles. The average molecular weight is 340 g/mol. The van der Waals surface area contributed by atoms with Crippen molar-refractivity contribution in [2.75, 3.05) is 4.90 Å². The van der Waals surface area contributed by atoms with Crippen LogP contribution in [0.4, 0.5) is 5.13 Å². The summed E-state index contributed by atoms with van der Waals surface area (Å²) in [6, 6.07) is 8.09. The van der Waals surface area contributed by atoms with E-state index >= 15 is 0 Å². The molecule has 7 heteroatoms. The number of anilines is 1. The summed E-state index contributed by atoms with van der Waals surface area (Å²) >= 11 is 9.20. The van der Waals surface area contributed by atoms with Gasteiger partial charge in [-0.1, -0.05) is 52.9 Å². The Morgan fingerprint density at radius 3 is 2.86 bits per heavy atom. The molecule has 0 N–H and O–H groups in total. The van der Waals surface area contributed by atoms with E-state index in [0.717, 1.165) is 33.5 Å². The highest BCUT2D eigenvalue weighted by molar-refractivity contribution is 8.00. The number of benzene rings is 1. The van der Waals surface area contributed by atoms with Crippen molar-refractivity contribution in [3.05, 3.63) is 34.9 Å². The maximum atomic E-state index is 11.7. The van der Waals surface area contributed by atoms with Gasteiger partial charge in [0.15, 0.2) is 4.34 Å². The predicted molar refractivity (Wildman–Crippen MR) is 87.1 cm³/mol. The Hall–Kier alpha value is -1.11. The molecule has 0 aliphatic heterocycles. The molecule has 1 aromatic carbocycles. The molecule has 0 saturated heterocycles. The van der Waals surface area contributed by atoms with Crippen molar-refractivity contribution in [3.63, 3.8) is 0 Å². The van der Waals surface area contributed by atoms with Gasteiger partial charge in [0.05, 0.1) is 0 Å². The Kier molecular flexibility index (Phi) is 4.47. The fourth-order valence-corrected chi connectivity index (χ4v) is 4.24. The third kappa shape index (κ3) is 3.56. The van der Waals surface area contributed by atoms with Gasteiger partial charge in [-0.25, -0.2) is 0 Å². The van der Waals surface area contributed by atoms with Gasteiger partial charge in [-0.05, 0) is 24.5 Å². The number of carbonyl (C=O) groups is 1. The Bertz CT molecular complexity index is 657. The topological polar surface area (TPSA) is 46.1 Å². The first-order chi connectivity index (χ1) is 10.1. The molecule has 1 fully saturated rings. The molecule has 1 aliphatic rings. The molecule has 1 heterocycles. The Labute approximate surface area is 136 Å². The van der Waals surface area contributed by atoms with Gasteiger partial charge in [0, 0.05) is 23.7 Å². The van der Waals surface area contributed by atoms with Crippen LogP contribution in [0.5, 0.6) is 0 Å². The smallest absolute Gasteiger partial charge is 0.225 e. The number of aromatic nitrogens is 2. The van der Waals surface area contributed by atoms with E-state index < -0.39 is 0 Å². The van der Waals surface area contributed by atoms with Crippen molar-refractivity contribution in [2.45, 2.75) is 35.9 Å². The average Bonchev–Trinajstić information content (AvgIpc) is 3.16. The second-order valence-electron chi connectivity index (χ2n) is 4.85. The van der Waals surface area contributed by atoms with Crippen LogP contribution >= 0.6 is 34.7 Å². The number of amides is 1. The van der Waals surface area contributed by atoms with E-state index in [0.29, 0.717) is 11.2 Å². The summed E-state index contributed by atoms with van der Waals surface area (Å²) in [5.41, 5.74) is 1.08. The van der Waals surface area contributed by atoms with Crippen LogP contribution in [0.25, 0.3) is 0 Å². The zero-order valence-electron chi connectivity index (χ0n) is 11.5. The second kappa shape index (κ2) is 6.34. The first-order valence-electron chi connectivity index (χ1n) is 6.64. The van der Waals surface area contributed by atoms with E-state index in [1.54, 1.807) is 23.6 Å². The molecule has 1 aromatic heterocycles. The summed E-state index contributed by atoms with van der Waals surface area (Å²) in [6.45, 7) is 1.58. The summed E-state index contributed by atoms with van der Waals surface area (Å²) in [5.74, 6) is 0.786. The molecule has 2 aromatic rings. The van der Waals surface area contributed by atoms with Gasteiger partial charge in [-0.3, -0.25) is 9.69 Å². The lowest BCUT2D eigenvalue weighted by atomic mass is 10.2. The van der Waals surface area contributed by atoms with Crippen LogP contribution in [-0.4, -0.2) is 22.1 Å². The van der Waals surface area contributed by atoms with E-state index in [9.17, 15) is 4.79 Å². The summed E-state index contributed by atoms with van der Waals surface area (Å²) in [4.78, 5) is 13.5. The molecule has 0 spiro atoms. The Morgan fingerprint density at radius 2 is 2.19 bits per heavy atom. The van der Waals surface area contributed by atoms with E-state index in [1.807, 2.05) is 24.3 Å². The monoisotopic (exact) mass is 339 g/mol. The fourth-order valence-electron chi connectivity index (χ4n) is 1.99. The van der Waals surface area contributed by atoms with E-state index in [-0.39, 0.29) is 5.91 Å². The number of nitrogens with zero attached hydrogens (tertiary/aromatic N) is 3. The third-order valence-electron chi connectivity index (χ3n) is 3.16. The molecule has 1 amide bonds. The van der Waals surface area contributed by atoms with Gasteiger partial charge in [-0.15, -0.1) is 10.2 Å². The molecule has 0 unspecified atom stereocenters. The van der Waals surface area contributed by atoms with Crippen LogP contribution < -0.4 is 4.90 Å². The van der Waals surface area contributed by atoms with Crippen molar-refractivity contribution in [2.24, 2.45) is 0 Å². The van der Waals surface area contributed by atoms with Crippen LogP contribution in [0.2, 0.25) is 5.02 Å². The number of halogens is 1. The highest BCUT2D eigenvalue weighted by Gasteiger charge is 2.34. The number of hydrogen-bond donors (Lipinski definition) is 0. The van der Waals surface area contributed by atoms with Crippen molar-refractivity contribution in [1.29, 1.82) is 0 Å². The molecule has 4 nitrogen and oxygen atoms in total. The molecule has 0 radical (unpaired) electrons. The van der Waals surface area contributed by atoms with Crippen molar-refractivity contribution < 1.29 is 4.79 Å². The van der Waals surface area contributed by atoms with Crippen LogP contribution in [0.3, 0.4) is 0 Å². The van der Waals surface area contributed by atoms with E-state index in [1.165, 1.54) is 11.3 Å². The summed E-state index contributed by atoms with van der Waals surface area (Å²) in [7, 11) is 0. The first-order valence-corrected chi connectivity index (χ1v) is 8.82. The lowest BCUT2D eigenvalue weighted by molar-refractivity contribution is -0.116. The standard InChI is InChI=1S/C14H14ClN3OS2/c1-9(19)18(11-6-7-11)13-16-17-14(21-13)20-8-10-4-2-3-5-12(10)15/h2-5,11H,6-8H2,1H3. The quantitative estimate of drug-likeness (QED) is 0.610. The van der Waals surface area contributed by atoms with Gasteiger partial charge in [0.25, 0.3) is 0 Å². The van der Waals surface area contributed by atoms with Crippen molar-refractivity contribution in [3.8, 4) is 0 Å². The van der Waals surface area contributed by atoms with Gasteiger partial charge in [-0.2, -0.15) is 0 Å². The molecular weight excluding hydrogens is 326 g/mol. The SMILES string of the molecule is CC(=O)N(c1nnc(SCc2ccccc2Cl)s1)C1CC1. The fraction of sp³-hybridized carbons (Fsp3) is 0.357. The number of carbonyl (C=O) groups excluding carboxylic acids is 1. The molecular formula is C14H14ClN3OS2. The molecule has 0 bridgehead atoms. The second-order valence-corrected chi connectivity index (χ2v) is 7.44. The molecule has 110 valence electrons. The normalized spacial score (nSPS) is 14.2. The first kappa shape index (κ1) is 14.8. The maximum Gasteiger partial charge on any atom is 0.225 e. The Balaban J connectivity index is 1.68. The number of thioether (sulfide) groups is 1. The minimum Gasteiger partial charge on any atom is -0.284 e. The van der Waals surface area contributed by atoms with Crippen LogP contribution in [0, 0.1) is 0 Å². The highest BCUT2D eigenvalue weighted by atomic mass is 35.5. The number of hydrogen-bond acceptors (Lipinski definition) is 5. The molecule has 0 atom stereocenters. The van der Waals surface area contributed by atoms with Gasteiger partial charge in [0.2, 0.25) is 11.0 Å². The predicted octanol–water partition coefficient (Wildman–Crippen LogP) is 4.00. The zero-order chi connectivity index (χ0) is 14.8. The lowest BCUT2D eigenvalue weighted by Gasteiger charge is -2.15. The van der Waals surface area contributed by atoms with Crippen LogP contribution in [0.1, 0.15) is 25.3 Å². The summed E-state index contributed by atoms with van der Waals surface area (Å²) < 4.78 is 0.858.